The van der Waals surface area contributed by atoms with Gasteiger partial charge in [-0.3, -0.25) is 9.69 Å². The standard InChI is InChI=1S/C17H16N4O3S.C2HF3O2/c22-14-13(15-21(14)12(16(23)24)6-7-25-15)20-17-18-9-11(19-17)8-10-4-2-1-3-5-10;3-2(4,5)1(6)7/h1-6,9,13,15H,7-8H2,(H,23,24)(H2,18,19,20);(H,6,7)/t13?,15-;/m0./s1. The molecule has 1 unspecified atom stereocenters. The van der Waals surface area contributed by atoms with E-state index >= 15 is 0 Å². The number of carbonyl (C=O) groups is 3. The van der Waals surface area contributed by atoms with E-state index in [0.717, 1.165) is 12.1 Å². The van der Waals surface area contributed by atoms with Crippen LogP contribution < -0.4 is 5.32 Å². The highest BCUT2D eigenvalue weighted by Crippen LogP contribution is 2.38. The van der Waals surface area contributed by atoms with Gasteiger partial charge in [0, 0.05) is 17.9 Å². The molecule has 2 atom stereocenters. The Kier molecular flexibility index (Phi) is 6.77. The lowest BCUT2D eigenvalue weighted by Crippen LogP contribution is -2.67. The van der Waals surface area contributed by atoms with Gasteiger partial charge in [0.2, 0.25) is 5.95 Å². The van der Waals surface area contributed by atoms with Gasteiger partial charge in [-0.05, 0) is 11.6 Å². The molecule has 4 rings (SSSR count). The molecule has 2 aromatic rings. The summed E-state index contributed by atoms with van der Waals surface area (Å²) in [6.07, 6.45) is -1.04. The van der Waals surface area contributed by atoms with E-state index in [1.807, 2.05) is 30.3 Å². The summed E-state index contributed by atoms with van der Waals surface area (Å²) in [7, 11) is 0. The second kappa shape index (κ2) is 9.34. The van der Waals surface area contributed by atoms with Crippen molar-refractivity contribution >= 4 is 35.6 Å². The van der Waals surface area contributed by atoms with E-state index in [2.05, 4.69) is 15.3 Å². The predicted octanol–water partition coefficient (Wildman–Crippen LogP) is 2.30. The molecular weight excluding hydrogens is 453 g/mol. The van der Waals surface area contributed by atoms with E-state index in [-0.39, 0.29) is 17.0 Å². The van der Waals surface area contributed by atoms with E-state index < -0.39 is 24.2 Å². The third-order valence-corrected chi connectivity index (χ3v) is 5.65. The van der Waals surface area contributed by atoms with Gasteiger partial charge in [-0.25, -0.2) is 14.6 Å². The van der Waals surface area contributed by atoms with Crippen molar-refractivity contribution in [2.24, 2.45) is 0 Å². The van der Waals surface area contributed by atoms with E-state index in [4.69, 9.17) is 9.90 Å². The Hall–Kier alpha value is -3.48. The van der Waals surface area contributed by atoms with Crippen LogP contribution in [0.15, 0.2) is 48.3 Å². The number of fused-ring (bicyclic) bond motifs is 1. The fraction of sp³-hybridized carbons (Fsp3) is 0.263. The molecular formula is C19H17F3N4O5S. The summed E-state index contributed by atoms with van der Waals surface area (Å²) in [5.41, 5.74) is 2.18. The number of hydrogen-bond donors (Lipinski definition) is 4. The first-order chi connectivity index (χ1) is 15.1. The molecule has 2 aliphatic heterocycles. The van der Waals surface area contributed by atoms with E-state index in [0.29, 0.717) is 11.7 Å². The molecule has 1 amide bonds. The molecule has 1 fully saturated rings. The van der Waals surface area contributed by atoms with Crippen molar-refractivity contribution in [3.63, 3.8) is 0 Å². The van der Waals surface area contributed by atoms with Gasteiger partial charge in [-0.15, -0.1) is 11.8 Å². The Balaban J connectivity index is 0.000000360. The molecule has 0 spiro atoms. The lowest BCUT2D eigenvalue weighted by atomic mass is 10.1. The van der Waals surface area contributed by atoms with Crippen LogP contribution in [0.25, 0.3) is 0 Å². The fourth-order valence-corrected chi connectivity index (χ4v) is 4.22. The Morgan fingerprint density at radius 1 is 1.25 bits per heavy atom. The average Bonchev–Trinajstić information content (AvgIpc) is 3.18. The smallest absolute Gasteiger partial charge is 0.477 e. The number of carbonyl (C=O) groups excluding carboxylic acids is 1. The fourth-order valence-electron chi connectivity index (χ4n) is 3.02. The number of aromatic nitrogens is 2. The van der Waals surface area contributed by atoms with Gasteiger partial charge >= 0.3 is 18.1 Å². The van der Waals surface area contributed by atoms with Gasteiger partial charge < -0.3 is 20.5 Å². The number of benzene rings is 1. The second-order valence-electron chi connectivity index (χ2n) is 6.67. The van der Waals surface area contributed by atoms with Crippen molar-refractivity contribution in [3.05, 3.63) is 59.6 Å². The zero-order valence-electron chi connectivity index (χ0n) is 16.2. The van der Waals surface area contributed by atoms with Crippen LogP contribution in [0.2, 0.25) is 0 Å². The molecule has 9 nitrogen and oxygen atoms in total. The molecule has 2 aliphatic rings. The first-order valence-electron chi connectivity index (χ1n) is 9.10. The van der Waals surface area contributed by atoms with Gasteiger partial charge in [0.25, 0.3) is 5.91 Å². The lowest BCUT2D eigenvalue weighted by Gasteiger charge is -2.48. The number of aromatic amines is 1. The summed E-state index contributed by atoms with van der Waals surface area (Å²) in [5.74, 6) is -2.97. The Morgan fingerprint density at radius 2 is 1.91 bits per heavy atom. The minimum absolute atomic E-state index is 0.0658. The van der Waals surface area contributed by atoms with Crippen LogP contribution in [0.4, 0.5) is 19.1 Å². The highest BCUT2D eigenvalue weighted by atomic mass is 32.2. The van der Waals surface area contributed by atoms with Crippen LogP contribution in [-0.2, 0) is 20.8 Å². The first kappa shape index (κ1) is 23.2. The minimum atomic E-state index is -5.08. The van der Waals surface area contributed by atoms with E-state index in [1.165, 1.54) is 22.2 Å². The number of carboxylic acid groups (broad SMARTS) is 2. The van der Waals surface area contributed by atoms with Gasteiger partial charge in [-0.1, -0.05) is 30.3 Å². The summed E-state index contributed by atoms with van der Waals surface area (Å²) < 4.78 is 31.7. The predicted molar refractivity (Wildman–Crippen MR) is 108 cm³/mol. The Labute approximate surface area is 183 Å². The number of amides is 1. The van der Waals surface area contributed by atoms with Gasteiger partial charge in [0.05, 0.1) is 6.20 Å². The number of hydrogen-bond acceptors (Lipinski definition) is 6. The highest BCUT2D eigenvalue weighted by Gasteiger charge is 2.52. The van der Waals surface area contributed by atoms with Crippen molar-refractivity contribution in [1.82, 2.24) is 14.9 Å². The molecule has 3 heterocycles. The van der Waals surface area contributed by atoms with Crippen LogP contribution >= 0.6 is 11.8 Å². The first-order valence-corrected chi connectivity index (χ1v) is 10.2. The SMILES string of the molecule is O=C(O)C(F)(F)F.O=C(O)C1=CCS[C@H]2C(Nc3ncc(Cc4ccccc4)[nH]3)C(=O)N12. The molecule has 1 aromatic heterocycles. The highest BCUT2D eigenvalue weighted by molar-refractivity contribution is 8.00. The number of H-pyrrole nitrogens is 1. The third kappa shape index (κ3) is 5.22. The molecule has 0 bridgehead atoms. The number of nitrogens with zero attached hydrogens (tertiary/aromatic N) is 2. The number of carboxylic acids is 2. The number of alkyl halides is 3. The maximum Gasteiger partial charge on any atom is 0.490 e. The number of β-lactam (4-membered cyclic amide) rings is 1. The van der Waals surface area contributed by atoms with E-state index in [1.54, 1.807) is 12.3 Å². The van der Waals surface area contributed by atoms with Crippen molar-refractivity contribution in [3.8, 4) is 0 Å². The number of anilines is 1. The Bertz CT molecular complexity index is 1040. The van der Waals surface area contributed by atoms with Crippen LogP contribution in [0, 0.1) is 0 Å². The molecule has 13 heteroatoms. The van der Waals surface area contributed by atoms with Crippen molar-refractivity contribution in [1.29, 1.82) is 0 Å². The number of halogens is 3. The van der Waals surface area contributed by atoms with E-state index in [9.17, 15) is 27.9 Å². The minimum Gasteiger partial charge on any atom is -0.477 e. The maximum atomic E-state index is 12.3. The monoisotopic (exact) mass is 470 g/mol. The van der Waals surface area contributed by atoms with Crippen LogP contribution in [0.1, 0.15) is 11.3 Å². The Morgan fingerprint density at radius 3 is 2.50 bits per heavy atom. The second-order valence-corrected chi connectivity index (χ2v) is 7.82. The summed E-state index contributed by atoms with van der Waals surface area (Å²) in [6.45, 7) is 0. The summed E-state index contributed by atoms with van der Waals surface area (Å²) in [4.78, 5) is 41.2. The van der Waals surface area contributed by atoms with Crippen molar-refractivity contribution < 1.29 is 37.8 Å². The number of imidazole rings is 1. The largest absolute Gasteiger partial charge is 0.490 e. The topological polar surface area (TPSA) is 136 Å². The summed E-state index contributed by atoms with van der Waals surface area (Å²) >= 11 is 1.54. The normalized spacial score (nSPS) is 19.7. The van der Waals surface area contributed by atoms with Crippen LogP contribution in [0.3, 0.4) is 0 Å². The van der Waals surface area contributed by atoms with Gasteiger partial charge in [0.1, 0.15) is 17.1 Å². The number of thioether (sulfide) groups is 1. The molecule has 32 heavy (non-hydrogen) atoms. The summed E-state index contributed by atoms with van der Waals surface area (Å²) in [6, 6.07) is 9.56. The maximum absolute atomic E-state index is 12.3. The number of aliphatic carboxylic acids is 2. The number of nitrogens with one attached hydrogen (secondary N) is 2. The average molecular weight is 470 g/mol. The number of rotatable bonds is 5. The molecule has 1 saturated heterocycles. The van der Waals surface area contributed by atoms with Crippen molar-refractivity contribution in [2.75, 3.05) is 11.1 Å². The van der Waals surface area contributed by atoms with Gasteiger partial charge in [-0.2, -0.15) is 13.2 Å². The lowest BCUT2D eigenvalue weighted by molar-refractivity contribution is -0.192. The van der Waals surface area contributed by atoms with Crippen LogP contribution in [-0.4, -0.2) is 66.3 Å². The molecule has 0 saturated carbocycles. The third-order valence-electron chi connectivity index (χ3n) is 4.47. The molecule has 170 valence electrons. The summed E-state index contributed by atoms with van der Waals surface area (Å²) in [5, 5.41) is 19.2. The molecule has 4 N–H and O–H groups in total. The quantitative estimate of drug-likeness (QED) is 0.489. The molecule has 0 radical (unpaired) electrons. The zero-order valence-corrected chi connectivity index (χ0v) is 17.0. The zero-order chi connectivity index (χ0) is 23.5. The van der Waals surface area contributed by atoms with Crippen LogP contribution in [0.5, 0.6) is 0 Å². The van der Waals surface area contributed by atoms with Gasteiger partial charge in [0.15, 0.2) is 0 Å². The molecule has 0 aliphatic carbocycles. The van der Waals surface area contributed by atoms with Crippen molar-refractivity contribution in [2.45, 2.75) is 24.0 Å². The molecule has 1 aromatic carbocycles.